The van der Waals surface area contributed by atoms with E-state index in [2.05, 4.69) is 5.32 Å². The Morgan fingerprint density at radius 1 is 1.00 bits per heavy atom. The van der Waals surface area contributed by atoms with Gasteiger partial charge in [0.15, 0.2) is 6.54 Å². The zero-order valence-corrected chi connectivity index (χ0v) is 15.2. The molecule has 1 unspecified atom stereocenters. The summed E-state index contributed by atoms with van der Waals surface area (Å²) in [7, 11) is 3.66. The number of carbonyl (C=O) groups is 1. The number of quaternary nitrogens is 1. The van der Waals surface area contributed by atoms with Gasteiger partial charge >= 0.3 is 0 Å². The molecule has 0 spiro atoms. The van der Waals surface area contributed by atoms with Gasteiger partial charge in [-0.1, -0.05) is 12.1 Å². The molecule has 2 aromatic carbocycles. The van der Waals surface area contributed by atoms with Crippen LogP contribution < -0.4 is 19.7 Å². The molecular weight excluding hydrogens is 316 g/mol. The maximum Gasteiger partial charge on any atom is 0.275 e. The molecule has 0 heterocycles. The Labute approximate surface area is 149 Å². The van der Waals surface area contributed by atoms with Gasteiger partial charge < -0.3 is 19.7 Å². The fraction of sp³-hybridized carbons (Fsp3) is 0.350. The van der Waals surface area contributed by atoms with Crippen molar-refractivity contribution in [2.45, 2.75) is 20.0 Å². The van der Waals surface area contributed by atoms with Crippen molar-refractivity contribution in [1.29, 1.82) is 0 Å². The number of rotatable bonds is 9. The second-order valence-electron chi connectivity index (χ2n) is 6.01. The van der Waals surface area contributed by atoms with Gasteiger partial charge in [-0.3, -0.25) is 4.79 Å². The van der Waals surface area contributed by atoms with Gasteiger partial charge in [0.1, 0.15) is 18.0 Å². The molecule has 0 aliphatic carbocycles. The molecular formula is C20H27N2O3+. The molecule has 0 saturated heterocycles. The Hall–Kier alpha value is -2.53. The average Bonchev–Trinajstić information content (AvgIpc) is 2.62. The average molecular weight is 343 g/mol. The first-order chi connectivity index (χ1) is 12.1. The third-order valence-corrected chi connectivity index (χ3v) is 3.85. The summed E-state index contributed by atoms with van der Waals surface area (Å²) in [6.07, 6.45) is 0. The predicted molar refractivity (Wildman–Crippen MR) is 97.9 cm³/mol. The minimum Gasteiger partial charge on any atom is -0.497 e. The molecule has 0 radical (unpaired) electrons. The fourth-order valence-corrected chi connectivity index (χ4v) is 2.56. The van der Waals surface area contributed by atoms with Gasteiger partial charge in [0.2, 0.25) is 0 Å². The van der Waals surface area contributed by atoms with Crippen LogP contribution in [0.5, 0.6) is 11.5 Å². The maximum atomic E-state index is 12.1. The van der Waals surface area contributed by atoms with Crippen LogP contribution in [-0.2, 0) is 17.9 Å². The van der Waals surface area contributed by atoms with Crippen LogP contribution in [0.15, 0.2) is 48.5 Å². The predicted octanol–water partition coefficient (Wildman–Crippen LogP) is 1.43. The third-order valence-electron chi connectivity index (χ3n) is 3.85. The van der Waals surface area contributed by atoms with Crippen LogP contribution in [-0.4, -0.2) is 33.2 Å². The lowest BCUT2D eigenvalue weighted by molar-refractivity contribution is -0.885. The first-order valence-electron chi connectivity index (χ1n) is 8.53. The van der Waals surface area contributed by atoms with Gasteiger partial charge in [-0.25, -0.2) is 0 Å². The Morgan fingerprint density at radius 2 is 1.60 bits per heavy atom. The van der Waals surface area contributed by atoms with E-state index in [0.717, 1.165) is 28.5 Å². The van der Waals surface area contributed by atoms with Crippen molar-refractivity contribution in [2.75, 3.05) is 27.3 Å². The third kappa shape index (κ3) is 6.47. The molecule has 1 amide bonds. The van der Waals surface area contributed by atoms with Crippen molar-refractivity contribution < 1.29 is 19.2 Å². The summed E-state index contributed by atoms with van der Waals surface area (Å²) in [6, 6.07) is 15.7. The number of hydrogen-bond acceptors (Lipinski definition) is 3. The zero-order valence-electron chi connectivity index (χ0n) is 15.2. The number of methoxy groups -OCH3 is 1. The minimum atomic E-state index is 0.0410. The lowest BCUT2D eigenvalue weighted by atomic mass is 10.2. The second kappa shape index (κ2) is 9.69. The van der Waals surface area contributed by atoms with Crippen molar-refractivity contribution in [2.24, 2.45) is 0 Å². The molecule has 0 bridgehead atoms. The van der Waals surface area contributed by atoms with E-state index >= 15 is 0 Å². The first-order valence-corrected chi connectivity index (χ1v) is 8.53. The number of likely N-dealkylation sites (N-methyl/N-ethyl adjacent to an activating group) is 1. The molecule has 0 saturated carbocycles. The molecule has 25 heavy (non-hydrogen) atoms. The molecule has 0 aromatic heterocycles. The number of hydrogen-bond donors (Lipinski definition) is 2. The lowest BCUT2D eigenvalue weighted by Crippen LogP contribution is -3.08. The number of ether oxygens (including phenoxy) is 2. The number of carbonyl (C=O) groups excluding carboxylic acids is 1. The molecule has 0 aliphatic heterocycles. The van der Waals surface area contributed by atoms with E-state index in [-0.39, 0.29) is 5.91 Å². The Kier molecular flexibility index (Phi) is 7.29. The molecule has 134 valence electrons. The Morgan fingerprint density at radius 3 is 2.20 bits per heavy atom. The SMILES string of the molecule is CCOc1ccc(C[NH+](C)CC(=O)NCc2ccc(OC)cc2)cc1. The van der Waals surface area contributed by atoms with Crippen molar-refractivity contribution >= 4 is 5.91 Å². The maximum absolute atomic E-state index is 12.1. The molecule has 0 aliphatic rings. The van der Waals surface area contributed by atoms with Crippen molar-refractivity contribution in [3.8, 4) is 11.5 Å². The van der Waals surface area contributed by atoms with Crippen LogP contribution in [0.3, 0.4) is 0 Å². The topological polar surface area (TPSA) is 52.0 Å². The van der Waals surface area contributed by atoms with Crippen LogP contribution in [0.2, 0.25) is 0 Å². The largest absolute Gasteiger partial charge is 0.497 e. The summed E-state index contributed by atoms with van der Waals surface area (Å²) in [6.45, 7) is 4.39. The number of nitrogens with one attached hydrogen (secondary N) is 2. The summed E-state index contributed by atoms with van der Waals surface area (Å²) >= 11 is 0. The van der Waals surface area contributed by atoms with Crippen LogP contribution in [0.25, 0.3) is 0 Å². The van der Waals surface area contributed by atoms with Crippen molar-refractivity contribution in [3.05, 3.63) is 59.7 Å². The standard InChI is InChI=1S/C20H26N2O3/c1-4-25-19-11-7-17(8-12-19)14-22(2)15-20(23)21-13-16-5-9-18(24-3)10-6-16/h5-12H,4,13-15H2,1-3H3,(H,21,23)/p+1. The summed E-state index contributed by atoms with van der Waals surface area (Å²) in [5.74, 6) is 1.73. The molecule has 2 aromatic rings. The minimum absolute atomic E-state index is 0.0410. The summed E-state index contributed by atoms with van der Waals surface area (Å²) < 4.78 is 10.6. The van der Waals surface area contributed by atoms with Crippen LogP contribution in [0, 0.1) is 0 Å². The normalized spacial score (nSPS) is 11.6. The van der Waals surface area contributed by atoms with E-state index in [9.17, 15) is 4.79 Å². The molecule has 1 atom stereocenters. The smallest absolute Gasteiger partial charge is 0.275 e. The fourth-order valence-electron chi connectivity index (χ4n) is 2.56. The Balaban J connectivity index is 1.75. The van der Waals surface area contributed by atoms with Crippen LogP contribution in [0.4, 0.5) is 0 Å². The van der Waals surface area contributed by atoms with Gasteiger partial charge in [0.25, 0.3) is 5.91 Å². The summed E-state index contributed by atoms with van der Waals surface area (Å²) in [4.78, 5) is 13.2. The molecule has 0 fully saturated rings. The molecule has 5 heteroatoms. The van der Waals surface area contributed by atoms with Crippen LogP contribution in [0.1, 0.15) is 18.1 Å². The monoisotopic (exact) mass is 343 g/mol. The molecule has 2 N–H and O–H groups in total. The second-order valence-corrected chi connectivity index (χ2v) is 6.01. The Bertz CT molecular complexity index is 654. The molecule has 2 rings (SSSR count). The highest BCUT2D eigenvalue weighted by Crippen LogP contribution is 2.11. The lowest BCUT2D eigenvalue weighted by Gasteiger charge is -2.14. The van der Waals surface area contributed by atoms with E-state index in [1.165, 1.54) is 5.56 Å². The van der Waals surface area contributed by atoms with Gasteiger partial charge in [-0.2, -0.15) is 0 Å². The van der Waals surface area contributed by atoms with E-state index in [4.69, 9.17) is 9.47 Å². The summed E-state index contributed by atoms with van der Waals surface area (Å²) in [5, 5.41) is 2.96. The number of amides is 1. The van der Waals surface area contributed by atoms with E-state index in [1.807, 2.05) is 62.5 Å². The highest BCUT2D eigenvalue weighted by Gasteiger charge is 2.10. The van der Waals surface area contributed by atoms with Gasteiger partial charge in [0.05, 0.1) is 20.8 Å². The van der Waals surface area contributed by atoms with E-state index in [0.29, 0.717) is 19.7 Å². The van der Waals surface area contributed by atoms with Crippen LogP contribution >= 0.6 is 0 Å². The van der Waals surface area contributed by atoms with E-state index in [1.54, 1.807) is 7.11 Å². The van der Waals surface area contributed by atoms with Crippen molar-refractivity contribution in [3.63, 3.8) is 0 Å². The highest BCUT2D eigenvalue weighted by atomic mass is 16.5. The number of benzene rings is 2. The summed E-state index contributed by atoms with van der Waals surface area (Å²) in [5.41, 5.74) is 2.24. The quantitative estimate of drug-likeness (QED) is 0.724. The van der Waals surface area contributed by atoms with Gasteiger partial charge in [-0.05, 0) is 48.9 Å². The van der Waals surface area contributed by atoms with E-state index < -0.39 is 0 Å². The zero-order chi connectivity index (χ0) is 18.1. The first kappa shape index (κ1) is 18.8. The highest BCUT2D eigenvalue weighted by molar-refractivity contribution is 5.76. The van der Waals surface area contributed by atoms with Gasteiger partial charge in [-0.15, -0.1) is 0 Å². The van der Waals surface area contributed by atoms with Gasteiger partial charge in [0, 0.05) is 12.1 Å². The molecule has 5 nitrogen and oxygen atoms in total. The van der Waals surface area contributed by atoms with Crippen molar-refractivity contribution in [1.82, 2.24) is 5.32 Å².